The molecule has 3 aromatic carbocycles. The third kappa shape index (κ3) is 2.88. The first-order valence-electron chi connectivity index (χ1n) is 7.63. The minimum Gasteiger partial charge on any atom is -0.261 e. The SMILES string of the molecule is Brc1ccc(C=NNc2nc3ccccc3c3ccccc23)cc1. The fourth-order valence-corrected chi connectivity index (χ4v) is 2.97. The van der Waals surface area contributed by atoms with Crippen molar-refractivity contribution < 1.29 is 0 Å². The van der Waals surface area contributed by atoms with Crippen molar-refractivity contribution in [3.63, 3.8) is 0 Å². The van der Waals surface area contributed by atoms with Gasteiger partial charge in [0, 0.05) is 15.2 Å². The number of fused-ring (bicyclic) bond motifs is 3. The molecule has 1 heterocycles. The van der Waals surface area contributed by atoms with Gasteiger partial charge in [0.05, 0.1) is 11.7 Å². The maximum Gasteiger partial charge on any atom is 0.154 e. The van der Waals surface area contributed by atoms with Crippen molar-refractivity contribution >= 4 is 49.6 Å². The summed E-state index contributed by atoms with van der Waals surface area (Å²) in [5.74, 6) is 0.762. The van der Waals surface area contributed by atoms with Crippen molar-refractivity contribution in [3.8, 4) is 0 Å². The van der Waals surface area contributed by atoms with E-state index in [1.807, 2.05) is 54.6 Å². The number of hydrogen-bond donors (Lipinski definition) is 1. The van der Waals surface area contributed by atoms with Crippen LogP contribution in [0.1, 0.15) is 5.56 Å². The Morgan fingerprint density at radius 3 is 2.25 bits per heavy atom. The van der Waals surface area contributed by atoms with Gasteiger partial charge < -0.3 is 0 Å². The molecule has 116 valence electrons. The molecule has 4 heteroatoms. The Kier molecular flexibility index (Phi) is 3.97. The number of hydrogen-bond acceptors (Lipinski definition) is 3. The molecule has 0 saturated heterocycles. The summed E-state index contributed by atoms with van der Waals surface area (Å²) in [6.45, 7) is 0. The van der Waals surface area contributed by atoms with E-state index in [0.717, 1.165) is 32.1 Å². The number of rotatable bonds is 3. The standard InChI is InChI=1S/C20H14BrN3/c21-15-11-9-14(10-12-15)13-22-24-20-18-7-2-1-5-16(18)17-6-3-4-8-19(17)23-20/h1-13H,(H,23,24). The van der Waals surface area contributed by atoms with E-state index < -0.39 is 0 Å². The van der Waals surface area contributed by atoms with Gasteiger partial charge in [-0.3, -0.25) is 5.43 Å². The summed E-state index contributed by atoms with van der Waals surface area (Å²) in [6, 6.07) is 24.4. The van der Waals surface area contributed by atoms with E-state index >= 15 is 0 Å². The first kappa shape index (κ1) is 14.8. The number of aromatic nitrogens is 1. The highest BCUT2D eigenvalue weighted by molar-refractivity contribution is 9.10. The van der Waals surface area contributed by atoms with Gasteiger partial charge in [0.1, 0.15) is 0 Å². The lowest BCUT2D eigenvalue weighted by atomic mass is 10.1. The Bertz CT molecular complexity index is 1040. The van der Waals surface area contributed by atoms with Crippen molar-refractivity contribution in [3.05, 3.63) is 82.8 Å². The number of pyridine rings is 1. The average Bonchev–Trinajstić information content (AvgIpc) is 2.63. The van der Waals surface area contributed by atoms with E-state index in [0.29, 0.717) is 0 Å². The van der Waals surface area contributed by atoms with Gasteiger partial charge in [-0.05, 0) is 29.1 Å². The van der Waals surface area contributed by atoms with Gasteiger partial charge in [-0.1, -0.05) is 70.5 Å². The Balaban J connectivity index is 1.74. The largest absolute Gasteiger partial charge is 0.261 e. The van der Waals surface area contributed by atoms with E-state index in [1.165, 1.54) is 5.39 Å². The molecule has 3 nitrogen and oxygen atoms in total. The molecular formula is C20H14BrN3. The Morgan fingerprint density at radius 1 is 0.792 bits per heavy atom. The van der Waals surface area contributed by atoms with Crippen LogP contribution in [0.3, 0.4) is 0 Å². The number of benzene rings is 3. The monoisotopic (exact) mass is 375 g/mol. The minimum atomic E-state index is 0.762. The van der Waals surface area contributed by atoms with Crippen LogP contribution in [0.4, 0.5) is 5.82 Å². The second-order valence-corrected chi connectivity index (χ2v) is 6.36. The molecule has 0 aliphatic carbocycles. The molecule has 0 aliphatic rings. The van der Waals surface area contributed by atoms with E-state index in [9.17, 15) is 0 Å². The Hall–Kier alpha value is -2.72. The van der Waals surface area contributed by atoms with E-state index in [4.69, 9.17) is 4.98 Å². The molecular weight excluding hydrogens is 362 g/mol. The van der Waals surface area contributed by atoms with E-state index in [1.54, 1.807) is 6.21 Å². The average molecular weight is 376 g/mol. The number of hydrazone groups is 1. The van der Waals surface area contributed by atoms with Crippen molar-refractivity contribution in [2.24, 2.45) is 5.10 Å². The van der Waals surface area contributed by atoms with Crippen molar-refractivity contribution in [2.45, 2.75) is 0 Å². The lowest BCUT2D eigenvalue weighted by Gasteiger charge is -2.08. The molecule has 0 unspecified atom stereocenters. The molecule has 1 N–H and O–H groups in total. The highest BCUT2D eigenvalue weighted by Gasteiger charge is 2.06. The minimum absolute atomic E-state index is 0.762. The van der Waals surface area contributed by atoms with Crippen molar-refractivity contribution in [1.82, 2.24) is 4.98 Å². The third-order valence-corrected chi connectivity index (χ3v) is 4.39. The van der Waals surface area contributed by atoms with Crippen LogP contribution in [0.2, 0.25) is 0 Å². The van der Waals surface area contributed by atoms with Crippen molar-refractivity contribution in [2.75, 3.05) is 5.43 Å². The van der Waals surface area contributed by atoms with E-state index in [-0.39, 0.29) is 0 Å². The maximum absolute atomic E-state index is 4.72. The third-order valence-electron chi connectivity index (χ3n) is 3.86. The number of halogens is 1. The van der Waals surface area contributed by atoms with Gasteiger partial charge in [0.2, 0.25) is 0 Å². The smallest absolute Gasteiger partial charge is 0.154 e. The summed E-state index contributed by atoms with van der Waals surface area (Å²) in [7, 11) is 0. The highest BCUT2D eigenvalue weighted by Crippen LogP contribution is 2.28. The van der Waals surface area contributed by atoms with Crippen LogP contribution >= 0.6 is 15.9 Å². The topological polar surface area (TPSA) is 37.3 Å². The molecule has 4 rings (SSSR count). The first-order chi connectivity index (χ1) is 11.8. The molecule has 0 bridgehead atoms. The Morgan fingerprint density at radius 2 is 1.46 bits per heavy atom. The molecule has 0 saturated carbocycles. The van der Waals surface area contributed by atoms with Gasteiger partial charge in [0.25, 0.3) is 0 Å². The molecule has 0 amide bonds. The molecule has 0 spiro atoms. The molecule has 0 atom stereocenters. The summed E-state index contributed by atoms with van der Waals surface area (Å²) in [6.07, 6.45) is 1.79. The summed E-state index contributed by atoms with van der Waals surface area (Å²) >= 11 is 3.43. The second-order valence-electron chi connectivity index (χ2n) is 5.44. The Labute approximate surface area is 148 Å². The lowest BCUT2D eigenvalue weighted by molar-refractivity contribution is 1.28. The van der Waals surface area contributed by atoms with Crippen molar-refractivity contribution in [1.29, 1.82) is 0 Å². The van der Waals surface area contributed by atoms with E-state index in [2.05, 4.69) is 44.7 Å². The predicted molar refractivity (Wildman–Crippen MR) is 105 cm³/mol. The summed E-state index contributed by atoms with van der Waals surface area (Å²) in [4.78, 5) is 4.72. The first-order valence-corrected chi connectivity index (χ1v) is 8.43. The fourth-order valence-electron chi connectivity index (χ4n) is 2.71. The zero-order valence-corrected chi connectivity index (χ0v) is 14.4. The molecule has 4 aromatic rings. The van der Waals surface area contributed by atoms with Crippen LogP contribution < -0.4 is 5.43 Å². The van der Waals surface area contributed by atoms with Gasteiger partial charge in [-0.15, -0.1) is 0 Å². The number of para-hydroxylation sites is 1. The molecule has 0 radical (unpaired) electrons. The van der Waals surface area contributed by atoms with Crippen LogP contribution in [0.25, 0.3) is 21.7 Å². The second kappa shape index (κ2) is 6.42. The van der Waals surface area contributed by atoms with Gasteiger partial charge in [-0.25, -0.2) is 4.98 Å². The van der Waals surface area contributed by atoms with Crippen LogP contribution in [-0.4, -0.2) is 11.2 Å². The zero-order chi connectivity index (χ0) is 16.4. The van der Waals surface area contributed by atoms with Crippen LogP contribution in [0.15, 0.2) is 82.4 Å². The number of nitrogens with one attached hydrogen (secondary N) is 1. The quantitative estimate of drug-likeness (QED) is 0.287. The lowest BCUT2D eigenvalue weighted by Crippen LogP contribution is -1.96. The van der Waals surface area contributed by atoms with Crippen LogP contribution in [0, 0.1) is 0 Å². The van der Waals surface area contributed by atoms with Crippen LogP contribution in [-0.2, 0) is 0 Å². The van der Waals surface area contributed by atoms with Crippen LogP contribution in [0.5, 0.6) is 0 Å². The van der Waals surface area contributed by atoms with Gasteiger partial charge in [-0.2, -0.15) is 5.10 Å². The number of nitrogens with zero attached hydrogens (tertiary/aromatic N) is 2. The summed E-state index contributed by atoms with van der Waals surface area (Å²) in [5, 5.41) is 7.72. The predicted octanol–water partition coefficient (Wildman–Crippen LogP) is 5.60. The molecule has 0 fully saturated rings. The molecule has 1 aromatic heterocycles. The summed E-state index contributed by atoms with van der Waals surface area (Å²) < 4.78 is 1.05. The fraction of sp³-hybridized carbons (Fsp3) is 0. The maximum atomic E-state index is 4.72. The summed E-state index contributed by atoms with van der Waals surface area (Å²) in [5.41, 5.74) is 5.07. The molecule has 0 aliphatic heterocycles. The van der Waals surface area contributed by atoms with Gasteiger partial charge >= 0.3 is 0 Å². The molecule has 24 heavy (non-hydrogen) atoms. The highest BCUT2D eigenvalue weighted by atomic mass is 79.9. The van der Waals surface area contributed by atoms with Gasteiger partial charge in [0.15, 0.2) is 5.82 Å². The normalized spacial score (nSPS) is 11.4. The zero-order valence-electron chi connectivity index (χ0n) is 12.8. The number of anilines is 1.